The van der Waals surface area contributed by atoms with Crippen LogP contribution >= 0.6 is 46.4 Å². The van der Waals surface area contributed by atoms with E-state index in [9.17, 15) is 9.59 Å². The van der Waals surface area contributed by atoms with Crippen molar-refractivity contribution in [2.45, 2.75) is 58.7 Å². The van der Waals surface area contributed by atoms with E-state index in [1.54, 1.807) is 36.4 Å². The van der Waals surface area contributed by atoms with E-state index in [4.69, 9.17) is 46.4 Å². The standard InChI is InChI=1S/C23H26Cl4N2O2/c1-4-14(3)28-23(31)21(5-2)29(13-16-19(26)10-7-11-20(16)27)22(30)12-15-17(24)8-6-9-18(15)25/h6-11,14,21H,4-5,12-13H2,1-3H3,(H,28,31)/t14-,21-/m1/s1. The maximum absolute atomic E-state index is 13.4. The SMILES string of the molecule is CC[C@@H](C)NC(=O)[C@@H](CC)N(Cc1c(Cl)cccc1Cl)C(=O)Cc1c(Cl)cccc1Cl. The van der Waals surface area contributed by atoms with Crippen LogP contribution in [-0.4, -0.2) is 28.8 Å². The Labute approximate surface area is 203 Å². The number of hydrogen-bond donors (Lipinski definition) is 1. The fourth-order valence-corrected chi connectivity index (χ4v) is 4.22. The van der Waals surface area contributed by atoms with E-state index in [1.165, 1.54) is 4.90 Å². The highest BCUT2D eigenvalue weighted by molar-refractivity contribution is 6.36. The first-order chi connectivity index (χ1) is 14.7. The molecule has 8 heteroatoms. The minimum atomic E-state index is -0.699. The highest BCUT2D eigenvalue weighted by atomic mass is 35.5. The molecule has 2 atom stereocenters. The van der Waals surface area contributed by atoms with Crippen molar-refractivity contribution in [1.29, 1.82) is 0 Å². The summed E-state index contributed by atoms with van der Waals surface area (Å²) in [6.45, 7) is 5.85. The zero-order chi connectivity index (χ0) is 23.1. The van der Waals surface area contributed by atoms with Crippen LogP contribution in [0.15, 0.2) is 36.4 Å². The van der Waals surface area contributed by atoms with Crippen molar-refractivity contribution in [3.63, 3.8) is 0 Å². The molecule has 4 nitrogen and oxygen atoms in total. The summed E-state index contributed by atoms with van der Waals surface area (Å²) in [5, 5.41) is 4.62. The highest BCUT2D eigenvalue weighted by Gasteiger charge is 2.31. The maximum Gasteiger partial charge on any atom is 0.243 e. The number of benzene rings is 2. The number of amides is 2. The Morgan fingerprint density at radius 1 is 0.871 bits per heavy atom. The Bertz CT molecular complexity index is 895. The summed E-state index contributed by atoms with van der Waals surface area (Å²) < 4.78 is 0. The lowest BCUT2D eigenvalue weighted by molar-refractivity contribution is -0.141. The second-order valence-electron chi connectivity index (χ2n) is 7.34. The predicted octanol–water partition coefficient (Wildman–Crippen LogP) is 6.56. The fourth-order valence-electron chi connectivity index (χ4n) is 3.17. The maximum atomic E-state index is 13.4. The first kappa shape index (κ1) is 25.8. The number of rotatable bonds is 9. The molecule has 2 amide bonds. The van der Waals surface area contributed by atoms with Crippen molar-refractivity contribution >= 4 is 58.2 Å². The molecule has 2 aromatic rings. The van der Waals surface area contributed by atoms with Gasteiger partial charge in [0.2, 0.25) is 11.8 Å². The topological polar surface area (TPSA) is 49.4 Å². The van der Waals surface area contributed by atoms with Gasteiger partial charge in [0.15, 0.2) is 0 Å². The smallest absolute Gasteiger partial charge is 0.243 e. The summed E-state index contributed by atoms with van der Waals surface area (Å²) in [6, 6.07) is 9.50. The van der Waals surface area contributed by atoms with Crippen molar-refractivity contribution < 1.29 is 9.59 Å². The third-order valence-electron chi connectivity index (χ3n) is 5.17. The normalized spacial score (nSPS) is 12.9. The van der Waals surface area contributed by atoms with Gasteiger partial charge in [0.25, 0.3) is 0 Å². The molecule has 1 N–H and O–H groups in total. The van der Waals surface area contributed by atoms with Gasteiger partial charge in [-0.15, -0.1) is 0 Å². The number of nitrogens with zero attached hydrogens (tertiary/aromatic N) is 1. The summed E-state index contributed by atoms with van der Waals surface area (Å²) in [7, 11) is 0. The van der Waals surface area contributed by atoms with Crippen LogP contribution in [0.1, 0.15) is 44.7 Å². The Kier molecular flexibility index (Phi) is 9.95. The Balaban J connectivity index is 2.43. The van der Waals surface area contributed by atoms with Gasteiger partial charge in [-0.3, -0.25) is 9.59 Å². The Hall–Kier alpha value is -1.46. The number of nitrogens with one attached hydrogen (secondary N) is 1. The van der Waals surface area contributed by atoms with Crippen LogP contribution in [0.2, 0.25) is 20.1 Å². The molecule has 0 heterocycles. The molecular formula is C23H26Cl4N2O2. The molecule has 0 saturated heterocycles. The van der Waals surface area contributed by atoms with Crippen molar-refractivity contribution in [2.24, 2.45) is 0 Å². The lowest BCUT2D eigenvalue weighted by Gasteiger charge is -2.32. The minimum absolute atomic E-state index is 0.0135. The van der Waals surface area contributed by atoms with Gasteiger partial charge in [-0.2, -0.15) is 0 Å². The van der Waals surface area contributed by atoms with Crippen molar-refractivity contribution in [1.82, 2.24) is 10.2 Å². The molecule has 0 aliphatic heterocycles. The molecule has 0 aliphatic rings. The van der Waals surface area contributed by atoms with Gasteiger partial charge in [0, 0.05) is 38.2 Å². The van der Waals surface area contributed by atoms with Crippen LogP contribution in [0.5, 0.6) is 0 Å². The number of carbonyl (C=O) groups is 2. The predicted molar refractivity (Wildman–Crippen MR) is 129 cm³/mol. The molecule has 0 fully saturated rings. The van der Waals surface area contributed by atoms with Crippen LogP contribution in [0.3, 0.4) is 0 Å². The average molecular weight is 504 g/mol. The quantitative estimate of drug-likeness (QED) is 0.421. The zero-order valence-electron chi connectivity index (χ0n) is 17.7. The molecule has 0 unspecified atom stereocenters. The van der Waals surface area contributed by atoms with E-state index in [0.717, 1.165) is 6.42 Å². The molecule has 2 rings (SSSR count). The van der Waals surface area contributed by atoms with Gasteiger partial charge in [0.05, 0.1) is 6.42 Å². The van der Waals surface area contributed by atoms with Crippen LogP contribution in [-0.2, 0) is 22.6 Å². The molecule has 0 bridgehead atoms. The van der Waals surface area contributed by atoms with E-state index < -0.39 is 6.04 Å². The Morgan fingerprint density at radius 2 is 1.35 bits per heavy atom. The average Bonchev–Trinajstić information content (AvgIpc) is 2.72. The van der Waals surface area contributed by atoms with Crippen LogP contribution < -0.4 is 5.32 Å². The van der Waals surface area contributed by atoms with Gasteiger partial charge in [-0.05, 0) is 49.6 Å². The van der Waals surface area contributed by atoms with Gasteiger partial charge in [-0.1, -0.05) is 72.4 Å². The monoisotopic (exact) mass is 502 g/mol. The number of hydrogen-bond acceptors (Lipinski definition) is 2. The number of halogens is 4. The summed E-state index contributed by atoms with van der Waals surface area (Å²) in [5.41, 5.74) is 1.10. The van der Waals surface area contributed by atoms with Crippen LogP contribution in [0.4, 0.5) is 0 Å². The van der Waals surface area contributed by atoms with E-state index in [2.05, 4.69) is 5.32 Å². The molecule has 31 heavy (non-hydrogen) atoms. The van der Waals surface area contributed by atoms with Crippen molar-refractivity contribution in [3.8, 4) is 0 Å². The summed E-state index contributed by atoms with van der Waals surface area (Å²) in [6.07, 6.45) is 1.15. The largest absolute Gasteiger partial charge is 0.352 e. The van der Waals surface area contributed by atoms with E-state index in [0.29, 0.717) is 37.6 Å². The zero-order valence-corrected chi connectivity index (χ0v) is 20.7. The van der Waals surface area contributed by atoms with Gasteiger partial charge in [-0.25, -0.2) is 0 Å². The highest BCUT2D eigenvalue weighted by Crippen LogP contribution is 2.29. The van der Waals surface area contributed by atoms with Gasteiger partial charge in [0.1, 0.15) is 6.04 Å². The molecule has 0 aromatic heterocycles. The molecule has 2 aromatic carbocycles. The minimum Gasteiger partial charge on any atom is -0.352 e. The van der Waals surface area contributed by atoms with Crippen molar-refractivity contribution in [2.75, 3.05) is 0 Å². The van der Waals surface area contributed by atoms with Gasteiger partial charge >= 0.3 is 0 Å². The molecule has 0 radical (unpaired) electrons. The third-order valence-corrected chi connectivity index (χ3v) is 6.58. The molecule has 168 valence electrons. The lowest BCUT2D eigenvalue weighted by Crippen LogP contribution is -2.51. The molecule has 0 aliphatic carbocycles. The van der Waals surface area contributed by atoms with Crippen LogP contribution in [0, 0.1) is 0 Å². The van der Waals surface area contributed by atoms with E-state index in [1.807, 2.05) is 20.8 Å². The number of carbonyl (C=O) groups excluding carboxylic acids is 2. The van der Waals surface area contributed by atoms with E-state index >= 15 is 0 Å². The molecule has 0 saturated carbocycles. The Morgan fingerprint density at radius 3 is 1.81 bits per heavy atom. The van der Waals surface area contributed by atoms with Gasteiger partial charge < -0.3 is 10.2 Å². The lowest BCUT2D eigenvalue weighted by atomic mass is 10.1. The third kappa shape index (κ3) is 6.76. The molecular weight excluding hydrogens is 478 g/mol. The second kappa shape index (κ2) is 12.0. The van der Waals surface area contributed by atoms with Crippen LogP contribution in [0.25, 0.3) is 0 Å². The first-order valence-electron chi connectivity index (χ1n) is 10.1. The van der Waals surface area contributed by atoms with Crippen molar-refractivity contribution in [3.05, 3.63) is 67.6 Å². The first-order valence-corrected chi connectivity index (χ1v) is 11.7. The summed E-state index contributed by atoms with van der Waals surface area (Å²) in [4.78, 5) is 28.0. The fraction of sp³-hybridized carbons (Fsp3) is 0.391. The summed E-state index contributed by atoms with van der Waals surface area (Å²) in [5.74, 6) is -0.518. The van der Waals surface area contributed by atoms with E-state index in [-0.39, 0.29) is 30.8 Å². The summed E-state index contributed by atoms with van der Waals surface area (Å²) >= 11 is 25.3. The molecule has 0 spiro atoms. The second-order valence-corrected chi connectivity index (χ2v) is 8.97.